The zero-order valence-electron chi connectivity index (χ0n) is 25.2. The molecule has 1 atom stereocenters. The zero-order chi connectivity index (χ0) is 30.3. The molecule has 228 valence electrons. The number of hydrogen-bond donors (Lipinski definition) is 1. The largest absolute Gasteiger partial charge is 0.507 e. The highest BCUT2D eigenvalue weighted by atomic mass is 16.6. The number of aliphatic hydroxyl groups excluding tert-OH is 1. The number of amides is 1. The van der Waals surface area contributed by atoms with Crippen LogP contribution in [0.15, 0.2) is 54.1 Å². The van der Waals surface area contributed by atoms with Gasteiger partial charge in [0.2, 0.25) is 0 Å². The van der Waals surface area contributed by atoms with Gasteiger partial charge in [0.05, 0.1) is 29.2 Å². The molecular formula is C34H46N2O6. The van der Waals surface area contributed by atoms with Gasteiger partial charge in [-0.3, -0.25) is 19.7 Å². The summed E-state index contributed by atoms with van der Waals surface area (Å²) in [7, 11) is 1.52. The van der Waals surface area contributed by atoms with Crippen molar-refractivity contribution in [2.75, 3.05) is 13.7 Å². The molecule has 1 aliphatic heterocycles. The van der Waals surface area contributed by atoms with Crippen LogP contribution in [-0.2, 0) is 9.59 Å². The maximum atomic E-state index is 13.3. The van der Waals surface area contributed by atoms with E-state index in [1.807, 2.05) is 0 Å². The van der Waals surface area contributed by atoms with E-state index in [4.69, 9.17) is 4.74 Å². The van der Waals surface area contributed by atoms with Crippen molar-refractivity contribution >= 4 is 23.1 Å². The second-order valence-corrected chi connectivity index (χ2v) is 11.1. The van der Waals surface area contributed by atoms with Crippen molar-refractivity contribution in [2.24, 2.45) is 0 Å². The predicted octanol–water partition coefficient (Wildman–Crippen LogP) is 8.51. The van der Waals surface area contributed by atoms with Crippen LogP contribution >= 0.6 is 0 Å². The maximum Gasteiger partial charge on any atom is 0.295 e. The number of benzene rings is 2. The third-order valence-corrected chi connectivity index (χ3v) is 8.08. The molecule has 1 aliphatic rings. The molecule has 1 N–H and O–H groups in total. The Morgan fingerprint density at radius 3 is 1.88 bits per heavy atom. The fourth-order valence-corrected chi connectivity index (χ4v) is 5.70. The smallest absolute Gasteiger partial charge is 0.295 e. The van der Waals surface area contributed by atoms with Crippen molar-refractivity contribution < 1.29 is 24.4 Å². The molecule has 42 heavy (non-hydrogen) atoms. The van der Waals surface area contributed by atoms with E-state index in [1.54, 1.807) is 42.5 Å². The van der Waals surface area contributed by atoms with Crippen LogP contribution in [0, 0.1) is 10.1 Å². The third kappa shape index (κ3) is 8.91. The monoisotopic (exact) mass is 578 g/mol. The Balaban J connectivity index is 1.62. The van der Waals surface area contributed by atoms with Crippen molar-refractivity contribution in [2.45, 2.75) is 103 Å². The van der Waals surface area contributed by atoms with Crippen LogP contribution in [0.2, 0.25) is 0 Å². The van der Waals surface area contributed by atoms with Gasteiger partial charge in [-0.1, -0.05) is 103 Å². The molecule has 1 fully saturated rings. The average Bonchev–Trinajstić information content (AvgIpc) is 3.25. The molecule has 0 radical (unpaired) electrons. The number of nitro benzene ring substituents is 1. The second kappa shape index (κ2) is 17.3. The van der Waals surface area contributed by atoms with E-state index in [0.717, 1.165) is 19.3 Å². The molecule has 1 amide bonds. The van der Waals surface area contributed by atoms with E-state index in [0.29, 0.717) is 17.7 Å². The Kier molecular flexibility index (Phi) is 13.5. The van der Waals surface area contributed by atoms with Gasteiger partial charge in [0, 0.05) is 18.2 Å². The molecule has 0 aromatic heterocycles. The Hall–Kier alpha value is -3.68. The summed E-state index contributed by atoms with van der Waals surface area (Å²) in [5.74, 6) is -1.37. The van der Waals surface area contributed by atoms with Crippen LogP contribution in [0.4, 0.5) is 5.69 Å². The normalized spacial score (nSPS) is 16.2. The molecule has 0 bridgehead atoms. The molecule has 0 unspecified atom stereocenters. The van der Waals surface area contributed by atoms with Crippen LogP contribution in [0.1, 0.15) is 114 Å². The number of ether oxygens (including phenoxy) is 1. The summed E-state index contributed by atoms with van der Waals surface area (Å²) in [6, 6.07) is 11.5. The van der Waals surface area contributed by atoms with Crippen LogP contribution < -0.4 is 4.74 Å². The van der Waals surface area contributed by atoms with Crippen molar-refractivity contribution in [3.63, 3.8) is 0 Å². The summed E-state index contributed by atoms with van der Waals surface area (Å²) in [5, 5.41) is 23.1. The molecule has 2 aromatic carbocycles. The highest BCUT2D eigenvalue weighted by Crippen LogP contribution is 2.42. The fourth-order valence-electron chi connectivity index (χ4n) is 5.70. The van der Waals surface area contributed by atoms with Crippen LogP contribution in [0.5, 0.6) is 5.75 Å². The van der Waals surface area contributed by atoms with Gasteiger partial charge in [-0.05, 0) is 36.8 Å². The first-order valence-electron chi connectivity index (χ1n) is 15.6. The predicted molar refractivity (Wildman–Crippen MR) is 165 cm³/mol. The Labute approximate surface area is 249 Å². The average molecular weight is 579 g/mol. The summed E-state index contributed by atoms with van der Waals surface area (Å²) in [6.07, 6.45) is 16.8. The van der Waals surface area contributed by atoms with E-state index in [9.17, 15) is 24.8 Å². The molecule has 0 saturated carbocycles. The number of nitrogens with zero attached hydrogens (tertiary/aromatic N) is 2. The Bertz CT molecular complexity index is 1210. The van der Waals surface area contributed by atoms with Gasteiger partial charge in [-0.15, -0.1) is 0 Å². The minimum atomic E-state index is -1.05. The van der Waals surface area contributed by atoms with E-state index in [-0.39, 0.29) is 29.1 Å². The number of unbranched alkanes of at least 4 members (excludes halogenated alkanes) is 13. The number of Topliss-reactive ketones (excluding diaryl/α,β-unsaturated/α-hetero) is 1. The van der Waals surface area contributed by atoms with Gasteiger partial charge in [0.1, 0.15) is 11.5 Å². The number of likely N-dealkylation sites (tertiary alicyclic amines) is 1. The van der Waals surface area contributed by atoms with Gasteiger partial charge in [-0.25, -0.2) is 0 Å². The number of carbonyl (C=O) groups is 2. The van der Waals surface area contributed by atoms with E-state index >= 15 is 0 Å². The highest BCUT2D eigenvalue weighted by Gasteiger charge is 2.47. The standard InChI is InChI=1S/C34H46N2O6/c1-3-4-5-6-7-8-9-10-11-12-13-14-15-18-25-35-31(28-19-16-17-20-29(28)36(40)41)30(33(38)34(35)39)32(37)26-21-23-27(42-2)24-22-26/h16-17,19-24,31,37H,3-15,18,25H2,1-2H3/b32-30+/t31-/m0/s1. The van der Waals surface area contributed by atoms with Gasteiger partial charge in [-0.2, -0.15) is 0 Å². The number of para-hydroxylation sites is 1. The van der Waals surface area contributed by atoms with Gasteiger partial charge >= 0.3 is 0 Å². The van der Waals surface area contributed by atoms with Gasteiger partial charge in [0.15, 0.2) is 0 Å². The van der Waals surface area contributed by atoms with Crippen LogP contribution in [0.3, 0.4) is 0 Å². The number of ketones is 1. The van der Waals surface area contributed by atoms with Crippen molar-refractivity contribution in [3.05, 3.63) is 75.3 Å². The lowest BCUT2D eigenvalue weighted by Gasteiger charge is -2.25. The van der Waals surface area contributed by atoms with E-state index < -0.39 is 22.7 Å². The first-order valence-corrected chi connectivity index (χ1v) is 15.6. The fraction of sp³-hybridized carbons (Fsp3) is 0.529. The van der Waals surface area contributed by atoms with Crippen molar-refractivity contribution in [3.8, 4) is 5.75 Å². The third-order valence-electron chi connectivity index (χ3n) is 8.08. The number of aliphatic hydroxyl groups is 1. The number of carbonyl (C=O) groups excluding carboxylic acids is 2. The molecule has 0 aliphatic carbocycles. The lowest BCUT2D eigenvalue weighted by atomic mass is 9.94. The molecule has 0 spiro atoms. The molecule has 3 rings (SSSR count). The van der Waals surface area contributed by atoms with Gasteiger partial charge < -0.3 is 14.7 Å². The van der Waals surface area contributed by atoms with E-state index in [2.05, 4.69) is 6.92 Å². The maximum absolute atomic E-state index is 13.3. The molecular weight excluding hydrogens is 532 g/mol. The minimum absolute atomic E-state index is 0.134. The molecule has 2 aromatic rings. The molecule has 8 heteroatoms. The molecule has 8 nitrogen and oxygen atoms in total. The SMILES string of the molecule is CCCCCCCCCCCCCCCCN1C(=O)C(=O)/C(=C(/O)c2ccc(OC)cc2)[C@@H]1c1ccccc1[N+](=O)[O-]. The zero-order valence-corrected chi connectivity index (χ0v) is 25.2. The van der Waals surface area contributed by atoms with Crippen LogP contribution in [0.25, 0.3) is 5.76 Å². The molecule has 1 heterocycles. The first kappa shape index (κ1) is 32.8. The van der Waals surface area contributed by atoms with E-state index in [1.165, 1.54) is 82.3 Å². The summed E-state index contributed by atoms with van der Waals surface area (Å²) in [6.45, 7) is 2.52. The minimum Gasteiger partial charge on any atom is -0.507 e. The number of methoxy groups -OCH3 is 1. The van der Waals surface area contributed by atoms with Crippen LogP contribution in [-0.4, -0.2) is 40.3 Å². The van der Waals surface area contributed by atoms with Gasteiger partial charge in [0.25, 0.3) is 17.4 Å². The number of nitro groups is 1. The summed E-state index contributed by atoms with van der Waals surface area (Å²) < 4.78 is 5.18. The summed E-state index contributed by atoms with van der Waals surface area (Å²) in [5.41, 5.74) is 0.205. The lowest BCUT2D eigenvalue weighted by Crippen LogP contribution is -2.31. The summed E-state index contributed by atoms with van der Waals surface area (Å²) in [4.78, 5) is 39.2. The summed E-state index contributed by atoms with van der Waals surface area (Å²) >= 11 is 0. The van der Waals surface area contributed by atoms with Crippen molar-refractivity contribution in [1.82, 2.24) is 4.90 Å². The lowest BCUT2D eigenvalue weighted by molar-refractivity contribution is -0.385. The number of rotatable bonds is 19. The number of hydrogen-bond acceptors (Lipinski definition) is 6. The molecule has 1 saturated heterocycles. The Morgan fingerprint density at radius 1 is 0.833 bits per heavy atom. The quantitative estimate of drug-likeness (QED) is 0.0447. The first-order chi connectivity index (χ1) is 20.4. The topological polar surface area (TPSA) is 110 Å². The van der Waals surface area contributed by atoms with Crippen molar-refractivity contribution in [1.29, 1.82) is 0 Å². The second-order valence-electron chi connectivity index (χ2n) is 11.1. The highest BCUT2D eigenvalue weighted by molar-refractivity contribution is 6.46. The Morgan fingerprint density at radius 2 is 1.36 bits per heavy atom.